The molecule has 0 aromatic heterocycles. The van der Waals surface area contributed by atoms with E-state index in [1.807, 2.05) is 13.8 Å². The summed E-state index contributed by atoms with van der Waals surface area (Å²) in [4.78, 5) is 24.3. The van der Waals surface area contributed by atoms with Crippen LogP contribution in [0, 0.1) is 5.92 Å². The van der Waals surface area contributed by atoms with Gasteiger partial charge in [-0.05, 0) is 0 Å². The first-order valence-corrected chi connectivity index (χ1v) is 4.99. The molecule has 1 aliphatic rings. The number of rotatable bonds is 4. The van der Waals surface area contributed by atoms with Gasteiger partial charge in [-0.15, -0.1) is 0 Å². The van der Waals surface area contributed by atoms with Gasteiger partial charge in [0, 0.05) is 25.4 Å². The van der Waals surface area contributed by atoms with Gasteiger partial charge in [0.05, 0.1) is 6.61 Å². The highest BCUT2D eigenvalue weighted by Crippen LogP contribution is 2.04. The standard InChI is InChI=1S/C10H17NO3/c1-8(2)9(12)3-4-11-5-6-14-7-10(11)13/h8H,3-7H2,1-2H3. The molecule has 0 saturated carbocycles. The molecule has 0 aliphatic carbocycles. The van der Waals surface area contributed by atoms with E-state index in [2.05, 4.69) is 0 Å². The van der Waals surface area contributed by atoms with Crippen molar-refractivity contribution in [1.29, 1.82) is 0 Å². The van der Waals surface area contributed by atoms with Crippen LogP contribution in [-0.4, -0.2) is 42.9 Å². The number of ketones is 1. The van der Waals surface area contributed by atoms with Crippen molar-refractivity contribution >= 4 is 11.7 Å². The molecule has 1 aliphatic heterocycles. The third kappa shape index (κ3) is 3.10. The molecule has 0 bridgehead atoms. The molecule has 0 spiro atoms. The number of hydrogen-bond donors (Lipinski definition) is 0. The van der Waals surface area contributed by atoms with Crippen LogP contribution in [-0.2, 0) is 14.3 Å². The lowest BCUT2D eigenvalue weighted by molar-refractivity contribution is -0.143. The summed E-state index contributed by atoms with van der Waals surface area (Å²) in [5.74, 6) is 0.267. The van der Waals surface area contributed by atoms with Gasteiger partial charge in [0.2, 0.25) is 5.91 Å². The van der Waals surface area contributed by atoms with Crippen LogP contribution in [0.1, 0.15) is 20.3 Å². The molecule has 1 saturated heterocycles. The van der Waals surface area contributed by atoms with Crippen LogP contribution in [0.3, 0.4) is 0 Å². The maximum atomic E-state index is 11.3. The van der Waals surface area contributed by atoms with Crippen molar-refractivity contribution in [3.63, 3.8) is 0 Å². The molecule has 0 atom stereocenters. The Morgan fingerprint density at radius 3 is 2.86 bits per heavy atom. The zero-order valence-electron chi connectivity index (χ0n) is 8.78. The van der Waals surface area contributed by atoms with Gasteiger partial charge in [0.1, 0.15) is 12.4 Å². The van der Waals surface area contributed by atoms with Crippen molar-refractivity contribution in [2.24, 2.45) is 5.92 Å². The van der Waals surface area contributed by atoms with E-state index in [9.17, 15) is 9.59 Å². The number of Topliss-reactive ketones (excluding diaryl/α,β-unsaturated/α-hetero) is 1. The Labute approximate surface area is 84.2 Å². The van der Waals surface area contributed by atoms with Gasteiger partial charge >= 0.3 is 0 Å². The summed E-state index contributed by atoms with van der Waals surface area (Å²) in [6.45, 7) is 5.66. The number of hydrogen-bond acceptors (Lipinski definition) is 3. The number of carbonyl (C=O) groups is 2. The number of carbonyl (C=O) groups excluding carboxylic acids is 2. The molecular formula is C10H17NO3. The third-order valence-corrected chi connectivity index (χ3v) is 2.36. The first-order valence-electron chi connectivity index (χ1n) is 4.99. The van der Waals surface area contributed by atoms with Crippen LogP contribution in [0.4, 0.5) is 0 Å². The highest BCUT2D eigenvalue weighted by atomic mass is 16.5. The molecule has 0 N–H and O–H groups in total. The second kappa shape index (κ2) is 5.10. The first kappa shape index (κ1) is 11.2. The lowest BCUT2D eigenvalue weighted by atomic mass is 10.1. The van der Waals surface area contributed by atoms with Gasteiger partial charge in [-0.25, -0.2) is 0 Å². The van der Waals surface area contributed by atoms with E-state index in [1.54, 1.807) is 4.90 Å². The molecule has 0 unspecified atom stereocenters. The summed E-state index contributed by atoms with van der Waals surface area (Å²) in [5.41, 5.74) is 0. The largest absolute Gasteiger partial charge is 0.370 e. The molecule has 1 amide bonds. The summed E-state index contributed by atoms with van der Waals surface area (Å²) in [6.07, 6.45) is 0.462. The predicted molar refractivity (Wildman–Crippen MR) is 51.9 cm³/mol. The number of nitrogens with zero attached hydrogens (tertiary/aromatic N) is 1. The van der Waals surface area contributed by atoms with E-state index >= 15 is 0 Å². The normalized spacial score (nSPS) is 17.6. The van der Waals surface area contributed by atoms with Crippen molar-refractivity contribution in [3.05, 3.63) is 0 Å². The molecule has 1 rings (SSSR count). The summed E-state index contributed by atoms with van der Waals surface area (Å²) in [6, 6.07) is 0. The van der Waals surface area contributed by atoms with E-state index in [1.165, 1.54) is 0 Å². The number of ether oxygens (including phenoxy) is 1. The summed E-state index contributed by atoms with van der Waals surface area (Å²) >= 11 is 0. The van der Waals surface area contributed by atoms with Gasteiger partial charge in [0.25, 0.3) is 0 Å². The summed E-state index contributed by atoms with van der Waals surface area (Å²) in [5, 5.41) is 0. The fraction of sp³-hybridized carbons (Fsp3) is 0.800. The summed E-state index contributed by atoms with van der Waals surface area (Å²) in [7, 11) is 0. The molecule has 4 heteroatoms. The van der Waals surface area contributed by atoms with E-state index in [0.717, 1.165) is 0 Å². The Balaban J connectivity index is 2.29. The van der Waals surface area contributed by atoms with Gasteiger partial charge in [0.15, 0.2) is 0 Å². The fourth-order valence-electron chi connectivity index (χ4n) is 1.32. The van der Waals surface area contributed by atoms with Crippen LogP contribution < -0.4 is 0 Å². The Morgan fingerprint density at radius 1 is 1.57 bits per heavy atom. The minimum atomic E-state index is -0.00666. The van der Waals surface area contributed by atoms with Crippen LogP contribution in [0.5, 0.6) is 0 Å². The maximum absolute atomic E-state index is 11.3. The third-order valence-electron chi connectivity index (χ3n) is 2.36. The molecule has 4 nitrogen and oxygen atoms in total. The van der Waals surface area contributed by atoms with Gasteiger partial charge in [-0.2, -0.15) is 0 Å². The molecule has 80 valence electrons. The van der Waals surface area contributed by atoms with Crippen molar-refractivity contribution in [3.8, 4) is 0 Å². The zero-order chi connectivity index (χ0) is 10.6. The van der Waals surface area contributed by atoms with Crippen molar-refractivity contribution in [1.82, 2.24) is 4.90 Å². The van der Waals surface area contributed by atoms with E-state index in [0.29, 0.717) is 26.1 Å². The van der Waals surface area contributed by atoms with Crippen molar-refractivity contribution in [2.75, 3.05) is 26.3 Å². The molecule has 0 aromatic rings. The highest BCUT2D eigenvalue weighted by Gasteiger charge is 2.19. The second-order valence-corrected chi connectivity index (χ2v) is 3.80. The monoisotopic (exact) mass is 199 g/mol. The lowest BCUT2D eigenvalue weighted by Gasteiger charge is -2.26. The van der Waals surface area contributed by atoms with E-state index in [-0.39, 0.29) is 24.2 Å². The fourth-order valence-corrected chi connectivity index (χ4v) is 1.32. The minimum absolute atomic E-state index is 0.00666. The lowest BCUT2D eigenvalue weighted by Crippen LogP contribution is -2.42. The molecular weight excluding hydrogens is 182 g/mol. The number of amides is 1. The van der Waals surface area contributed by atoms with Crippen LogP contribution >= 0.6 is 0 Å². The minimum Gasteiger partial charge on any atom is -0.370 e. The van der Waals surface area contributed by atoms with Crippen LogP contribution in [0.25, 0.3) is 0 Å². The SMILES string of the molecule is CC(C)C(=O)CCN1CCOCC1=O. The number of morpholine rings is 1. The maximum Gasteiger partial charge on any atom is 0.248 e. The predicted octanol–water partition coefficient (Wildman–Crippen LogP) is 0.460. The summed E-state index contributed by atoms with van der Waals surface area (Å²) < 4.78 is 4.99. The Morgan fingerprint density at radius 2 is 2.29 bits per heavy atom. The topological polar surface area (TPSA) is 46.6 Å². The Hall–Kier alpha value is -0.900. The van der Waals surface area contributed by atoms with Gasteiger partial charge < -0.3 is 9.64 Å². The van der Waals surface area contributed by atoms with Crippen LogP contribution in [0.15, 0.2) is 0 Å². The molecule has 1 fully saturated rings. The average Bonchev–Trinajstić information content (AvgIpc) is 2.16. The molecule has 0 radical (unpaired) electrons. The first-order chi connectivity index (χ1) is 6.61. The van der Waals surface area contributed by atoms with E-state index < -0.39 is 0 Å². The smallest absolute Gasteiger partial charge is 0.248 e. The van der Waals surface area contributed by atoms with E-state index in [4.69, 9.17) is 4.74 Å². The molecule has 0 aromatic carbocycles. The van der Waals surface area contributed by atoms with Gasteiger partial charge in [-0.1, -0.05) is 13.8 Å². The van der Waals surface area contributed by atoms with Crippen molar-refractivity contribution < 1.29 is 14.3 Å². The van der Waals surface area contributed by atoms with Gasteiger partial charge in [-0.3, -0.25) is 9.59 Å². The van der Waals surface area contributed by atoms with Crippen molar-refractivity contribution in [2.45, 2.75) is 20.3 Å². The quantitative estimate of drug-likeness (QED) is 0.661. The second-order valence-electron chi connectivity index (χ2n) is 3.80. The zero-order valence-corrected chi connectivity index (χ0v) is 8.78. The van der Waals surface area contributed by atoms with Crippen LogP contribution in [0.2, 0.25) is 0 Å². The Bertz CT molecular complexity index is 225. The Kier molecular flexibility index (Phi) is 4.07. The molecule has 1 heterocycles. The average molecular weight is 199 g/mol. The highest BCUT2D eigenvalue weighted by molar-refractivity contribution is 5.82. The molecule has 14 heavy (non-hydrogen) atoms.